The predicted octanol–water partition coefficient (Wildman–Crippen LogP) is 3.78. The van der Waals surface area contributed by atoms with Crippen LogP contribution >= 0.6 is 15.9 Å². The Balaban J connectivity index is 1.93. The second-order valence-corrected chi connectivity index (χ2v) is 6.06. The molecule has 2 aromatic rings. The molecular weight excluding hydrogens is 316 g/mol. The van der Waals surface area contributed by atoms with Gasteiger partial charge in [-0.3, -0.25) is 4.79 Å². The van der Waals surface area contributed by atoms with Crippen LogP contribution in [0.5, 0.6) is 0 Å². The molecule has 2 heterocycles. The number of halogens is 1. The second kappa shape index (κ2) is 5.09. The van der Waals surface area contributed by atoms with E-state index in [-0.39, 0.29) is 11.9 Å². The van der Waals surface area contributed by atoms with E-state index in [9.17, 15) is 4.79 Å². The number of aromatic nitrogens is 1. The van der Waals surface area contributed by atoms with Crippen molar-refractivity contribution in [2.24, 2.45) is 0 Å². The lowest BCUT2D eigenvalue weighted by atomic mass is 10.1. The Hall–Kier alpha value is -1.55. The van der Waals surface area contributed by atoms with E-state index in [2.05, 4.69) is 46.5 Å². The van der Waals surface area contributed by atoms with Crippen molar-refractivity contribution < 1.29 is 4.79 Å². The van der Waals surface area contributed by atoms with E-state index in [4.69, 9.17) is 0 Å². The van der Waals surface area contributed by atoms with E-state index in [1.807, 2.05) is 29.2 Å². The first-order valence-corrected chi connectivity index (χ1v) is 7.60. The fourth-order valence-electron chi connectivity index (χ4n) is 2.89. The number of carbonyl (C=O) groups is 1. The van der Waals surface area contributed by atoms with Crippen LogP contribution in [0.3, 0.4) is 0 Å². The van der Waals surface area contributed by atoms with Gasteiger partial charge in [-0.15, -0.1) is 0 Å². The van der Waals surface area contributed by atoms with Crippen molar-refractivity contribution in [2.45, 2.75) is 26.4 Å². The van der Waals surface area contributed by atoms with Crippen LogP contribution in [0.15, 0.2) is 40.9 Å². The van der Waals surface area contributed by atoms with Gasteiger partial charge in [0.2, 0.25) is 0 Å². The molecule has 1 aliphatic heterocycles. The zero-order valence-electron chi connectivity index (χ0n) is 11.6. The third-order valence-electron chi connectivity index (χ3n) is 4.06. The molecule has 0 saturated heterocycles. The zero-order valence-corrected chi connectivity index (χ0v) is 13.2. The van der Waals surface area contributed by atoms with Crippen molar-refractivity contribution in [3.8, 4) is 0 Å². The van der Waals surface area contributed by atoms with Crippen LogP contribution in [0.25, 0.3) is 0 Å². The summed E-state index contributed by atoms with van der Waals surface area (Å²) < 4.78 is 3.16. The molecule has 3 rings (SSSR count). The molecule has 1 aromatic heterocycles. The number of nitrogens with zero attached hydrogens (tertiary/aromatic N) is 2. The van der Waals surface area contributed by atoms with Crippen molar-refractivity contribution in [1.82, 2.24) is 9.47 Å². The summed E-state index contributed by atoms with van der Waals surface area (Å²) in [6.07, 6.45) is 0. The van der Waals surface area contributed by atoms with Crippen LogP contribution in [-0.2, 0) is 6.54 Å². The quantitative estimate of drug-likeness (QED) is 0.780. The number of aryl methyl sites for hydroxylation is 1. The molecule has 0 spiro atoms. The summed E-state index contributed by atoms with van der Waals surface area (Å²) in [6.45, 7) is 5.83. The summed E-state index contributed by atoms with van der Waals surface area (Å²) in [5.74, 6) is 0.0927. The summed E-state index contributed by atoms with van der Waals surface area (Å²) >= 11 is 3.47. The second-order valence-electron chi connectivity index (χ2n) is 5.21. The standard InChI is InChI=1S/C16H17BrN2O/c1-11-7-8-15-12(2)19(10-9-18(11)15)16(20)13-5-3-4-6-14(13)17/h3-8,12H,9-10H2,1-2H3. The molecule has 20 heavy (non-hydrogen) atoms. The lowest BCUT2D eigenvalue weighted by Crippen LogP contribution is -2.41. The van der Waals surface area contributed by atoms with E-state index in [1.54, 1.807) is 0 Å². The first kappa shape index (κ1) is 13.4. The average molecular weight is 333 g/mol. The first-order chi connectivity index (χ1) is 9.59. The topological polar surface area (TPSA) is 25.2 Å². The lowest BCUT2D eigenvalue weighted by molar-refractivity contribution is 0.0642. The minimum absolute atomic E-state index is 0.0927. The Bertz CT molecular complexity index is 662. The van der Waals surface area contributed by atoms with Crippen molar-refractivity contribution >= 4 is 21.8 Å². The van der Waals surface area contributed by atoms with Crippen LogP contribution in [0.2, 0.25) is 0 Å². The molecular formula is C16H17BrN2O. The predicted molar refractivity (Wildman–Crippen MR) is 82.8 cm³/mol. The van der Waals surface area contributed by atoms with Gasteiger partial charge in [0.1, 0.15) is 0 Å². The molecule has 1 amide bonds. The van der Waals surface area contributed by atoms with Gasteiger partial charge < -0.3 is 9.47 Å². The van der Waals surface area contributed by atoms with Gasteiger partial charge in [-0.2, -0.15) is 0 Å². The van der Waals surface area contributed by atoms with Gasteiger partial charge in [-0.05, 0) is 54.0 Å². The Morgan fingerprint density at radius 1 is 1.20 bits per heavy atom. The van der Waals surface area contributed by atoms with E-state index in [0.29, 0.717) is 0 Å². The third kappa shape index (κ3) is 2.08. The molecule has 0 fully saturated rings. The number of amides is 1. The highest BCUT2D eigenvalue weighted by Crippen LogP contribution is 2.29. The summed E-state index contributed by atoms with van der Waals surface area (Å²) in [7, 11) is 0. The van der Waals surface area contributed by atoms with Crippen LogP contribution in [-0.4, -0.2) is 21.9 Å². The summed E-state index contributed by atoms with van der Waals surface area (Å²) in [5, 5.41) is 0. The van der Waals surface area contributed by atoms with E-state index in [0.717, 1.165) is 23.1 Å². The van der Waals surface area contributed by atoms with Gasteiger partial charge in [-0.25, -0.2) is 0 Å². The molecule has 0 bridgehead atoms. The normalized spacial score (nSPS) is 17.9. The molecule has 1 unspecified atom stereocenters. The van der Waals surface area contributed by atoms with Gasteiger partial charge in [0.05, 0.1) is 11.6 Å². The largest absolute Gasteiger partial charge is 0.345 e. The first-order valence-electron chi connectivity index (χ1n) is 6.81. The number of carbonyl (C=O) groups excluding carboxylic acids is 1. The highest BCUT2D eigenvalue weighted by molar-refractivity contribution is 9.10. The average Bonchev–Trinajstić information content (AvgIpc) is 2.82. The minimum Gasteiger partial charge on any atom is -0.345 e. The van der Waals surface area contributed by atoms with Crippen LogP contribution < -0.4 is 0 Å². The van der Waals surface area contributed by atoms with Crippen molar-refractivity contribution in [2.75, 3.05) is 6.54 Å². The molecule has 0 radical (unpaired) electrons. The molecule has 0 N–H and O–H groups in total. The smallest absolute Gasteiger partial charge is 0.255 e. The van der Waals surface area contributed by atoms with E-state index >= 15 is 0 Å². The van der Waals surface area contributed by atoms with Crippen molar-refractivity contribution in [1.29, 1.82) is 0 Å². The summed E-state index contributed by atoms with van der Waals surface area (Å²) in [4.78, 5) is 14.7. The Kier molecular flexibility index (Phi) is 3.42. The van der Waals surface area contributed by atoms with Crippen LogP contribution in [0.4, 0.5) is 0 Å². The molecule has 4 heteroatoms. The monoisotopic (exact) mass is 332 g/mol. The van der Waals surface area contributed by atoms with Gasteiger partial charge in [0, 0.05) is 29.0 Å². The van der Waals surface area contributed by atoms with E-state index < -0.39 is 0 Å². The Morgan fingerprint density at radius 2 is 1.95 bits per heavy atom. The number of hydrogen-bond acceptors (Lipinski definition) is 1. The van der Waals surface area contributed by atoms with Crippen LogP contribution in [0, 0.1) is 6.92 Å². The minimum atomic E-state index is 0.0927. The maximum absolute atomic E-state index is 12.7. The number of fused-ring (bicyclic) bond motifs is 1. The van der Waals surface area contributed by atoms with Crippen LogP contribution in [0.1, 0.15) is 34.7 Å². The molecule has 3 nitrogen and oxygen atoms in total. The molecule has 0 aliphatic carbocycles. The molecule has 1 aliphatic rings. The molecule has 104 valence electrons. The zero-order chi connectivity index (χ0) is 14.3. The van der Waals surface area contributed by atoms with Crippen molar-refractivity contribution in [3.05, 3.63) is 57.8 Å². The van der Waals surface area contributed by atoms with Crippen molar-refractivity contribution in [3.63, 3.8) is 0 Å². The van der Waals surface area contributed by atoms with E-state index in [1.165, 1.54) is 11.4 Å². The van der Waals surface area contributed by atoms with Gasteiger partial charge >= 0.3 is 0 Å². The number of benzene rings is 1. The number of rotatable bonds is 1. The Morgan fingerprint density at radius 3 is 2.70 bits per heavy atom. The molecule has 1 atom stereocenters. The lowest BCUT2D eigenvalue weighted by Gasteiger charge is -2.35. The molecule has 0 saturated carbocycles. The SMILES string of the molecule is Cc1ccc2n1CCN(C(=O)c1ccccc1Br)C2C. The molecule has 1 aromatic carbocycles. The maximum atomic E-state index is 12.7. The summed E-state index contributed by atoms with van der Waals surface area (Å²) in [5.41, 5.74) is 3.21. The van der Waals surface area contributed by atoms with Gasteiger partial charge in [0.15, 0.2) is 0 Å². The third-order valence-corrected chi connectivity index (χ3v) is 4.75. The highest BCUT2D eigenvalue weighted by Gasteiger charge is 2.29. The van der Waals surface area contributed by atoms with Gasteiger partial charge in [0.25, 0.3) is 5.91 Å². The highest BCUT2D eigenvalue weighted by atomic mass is 79.9. The maximum Gasteiger partial charge on any atom is 0.255 e. The number of hydrogen-bond donors (Lipinski definition) is 0. The summed E-state index contributed by atoms with van der Waals surface area (Å²) in [6, 6.07) is 12.0. The van der Waals surface area contributed by atoms with Gasteiger partial charge in [-0.1, -0.05) is 12.1 Å². The fraction of sp³-hybridized carbons (Fsp3) is 0.312. The Labute approximate surface area is 127 Å². The fourth-order valence-corrected chi connectivity index (χ4v) is 3.34.